The fourth-order valence-electron chi connectivity index (χ4n) is 1.14. The van der Waals surface area contributed by atoms with E-state index in [2.05, 4.69) is 21.9 Å². The topological polar surface area (TPSA) is 35.2 Å². The molecular formula is C12H14BrNO. The molecule has 0 saturated carbocycles. The van der Waals surface area contributed by atoms with Crippen LogP contribution in [0.1, 0.15) is 18.4 Å². The van der Waals surface area contributed by atoms with Crippen LogP contribution >= 0.6 is 15.9 Å². The lowest BCUT2D eigenvalue weighted by Crippen LogP contribution is -1.99. The Bertz CT molecular complexity index is 357. The smallest absolute Gasteiger partial charge is 0.133 e. The third-order valence-corrected chi connectivity index (χ3v) is 2.57. The Hall–Kier alpha value is -0.980. The monoisotopic (exact) mass is 267 g/mol. The number of unbranched alkanes of at least 4 members (excludes halogenated alkanes) is 1. The van der Waals surface area contributed by atoms with Crippen LogP contribution in [0.3, 0.4) is 0 Å². The van der Waals surface area contributed by atoms with Gasteiger partial charge in [-0.3, -0.25) is 0 Å². The lowest BCUT2D eigenvalue weighted by Gasteiger charge is -2.08. The standard InChI is InChI=1S/C12H14BrNO/c1-2-3-4-7-15-12-6-5-10(9-14)8-11(12)13/h1,5-6,8H,3-4,7,9,14H2. The van der Waals surface area contributed by atoms with Gasteiger partial charge in [-0.15, -0.1) is 12.3 Å². The quantitative estimate of drug-likeness (QED) is 0.658. The van der Waals surface area contributed by atoms with Crippen molar-refractivity contribution in [2.45, 2.75) is 19.4 Å². The maximum absolute atomic E-state index is 5.56. The van der Waals surface area contributed by atoms with Gasteiger partial charge in [0.25, 0.3) is 0 Å². The predicted octanol–water partition coefficient (Wildman–Crippen LogP) is 2.70. The fourth-order valence-corrected chi connectivity index (χ4v) is 1.69. The SMILES string of the molecule is C#CCCCOc1ccc(CN)cc1Br. The van der Waals surface area contributed by atoms with Crippen molar-refractivity contribution in [1.82, 2.24) is 0 Å². The molecular weight excluding hydrogens is 254 g/mol. The average Bonchev–Trinajstić information content (AvgIpc) is 2.26. The Morgan fingerprint density at radius 2 is 2.27 bits per heavy atom. The summed E-state index contributed by atoms with van der Waals surface area (Å²) in [6, 6.07) is 5.85. The maximum atomic E-state index is 5.56. The highest BCUT2D eigenvalue weighted by Gasteiger charge is 2.01. The van der Waals surface area contributed by atoms with Crippen molar-refractivity contribution < 1.29 is 4.74 Å². The van der Waals surface area contributed by atoms with Crippen molar-refractivity contribution in [3.63, 3.8) is 0 Å². The number of terminal acetylenes is 1. The van der Waals surface area contributed by atoms with Gasteiger partial charge >= 0.3 is 0 Å². The first-order valence-electron chi connectivity index (χ1n) is 4.82. The van der Waals surface area contributed by atoms with E-state index in [1.54, 1.807) is 0 Å². The van der Waals surface area contributed by atoms with Crippen LogP contribution in [0, 0.1) is 12.3 Å². The van der Waals surface area contributed by atoms with Crippen molar-refractivity contribution in [3.05, 3.63) is 28.2 Å². The lowest BCUT2D eigenvalue weighted by molar-refractivity contribution is 0.311. The van der Waals surface area contributed by atoms with Crippen LogP contribution in [0.5, 0.6) is 5.75 Å². The van der Waals surface area contributed by atoms with E-state index in [0.717, 1.165) is 28.6 Å². The van der Waals surface area contributed by atoms with Gasteiger partial charge in [-0.2, -0.15) is 0 Å². The summed E-state index contributed by atoms with van der Waals surface area (Å²) in [6.07, 6.45) is 6.77. The fraction of sp³-hybridized carbons (Fsp3) is 0.333. The highest BCUT2D eigenvalue weighted by molar-refractivity contribution is 9.10. The molecule has 0 aliphatic carbocycles. The molecule has 1 aromatic rings. The summed E-state index contributed by atoms with van der Waals surface area (Å²) < 4.78 is 6.49. The van der Waals surface area contributed by atoms with Crippen LogP contribution in [0.4, 0.5) is 0 Å². The molecule has 0 aromatic heterocycles. The molecule has 0 aliphatic rings. The lowest BCUT2D eigenvalue weighted by atomic mass is 10.2. The van der Waals surface area contributed by atoms with Gasteiger partial charge in [0.05, 0.1) is 11.1 Å². The molecule has 0 fully saturated rings. The minimum absolute atomic E-state index is 0.538. The summed E-state index contributed by atoms with van der Waals surface area (Å²) >= 11 is 3.44. The Morgan fingerprint density at radius 1 is 1.47 bits per heavy atom. The van der Waals surface area contributed by atoms with Crippen LogP contribution < -0.4 is 10.5 Å². The molecule has 0 radical (unpaired) electrons. The number of ether oxygens (including phenoxy) is 1. The zero-order valence-electron chi connectivity index (χ0n) is 8.50. The minimum atomic E-state index is 0.538. The molecule has 1 aromatic carbocycles. The molecule has 0 spiro atoms. The molecule has 0 heterocycles. The largest absolute Gasteiger partial charge is 0.492 e. The van der Waals surface area contributed by atoms with Gasteiger partial charge in [0, 0.05) is 13.0 Å². The number of halogens is 1. The van der Waals surface area contributed by atoms with E-state index < -0.39 is 0 Å². The second kappa shape index (κ2) is 6.49. The third-order valence-electron chi connectivity index (χ3n) is 1.96. The van der Waals surface area contributed by atoms with Gasteiger partial charge in [0.1, 0.15) is 5.75 Å². The third kappa shape index (κ3) is 3.94. The number of nitrogens with two attached hydrogens (primary N) is 1. The van der Waals surface area contributed by atoms with Crippen LogP contribution in [-0.4, -0.2) is 6.61 Å². The van der Waals surface area contributed by atoms with Gasteiger partial charge in [0.15, 0.2) is 0 Å². The van der Waals surface area contributed by atoms with Crippen molar-refractivity contribution in [3.8, 4) is 18.1 Å². The van der Waals surface area contributed by atoms with Crippen LogP contribution in [0.15, 0.2) is 22.7 Å². The molecule has 0 amide bonds. The Kier molecular flexibility index (Phi) is 5.23. The molecule has 15 heavy (non-hydrogen) atoms. The van der Waals surface area contributed by atoms with Crippen LogP contribution in [0.25, 0.3) is 0 Å². The Labute approximate surface area is 98.9 Å². The number of benzene rings is 1. The van der Waals surface area contributed by atoms with E-state index in [9.17, 15) is 0 Å². The molecule has 0 bridgehead atoms. The van der Waals surface area contributed by atoms with E-state index in [4.69, 9.17) is 16.9 Å². The number of rotatable bonds is 5. The summed E-state index contributed by atoms with van der Waals surface area (Å²) in [5, 5.41) is 0. The Morgan fingerprint density at radius 3 is 2.87 bits per heavy atom. The highest BCUT2D eigenvalue weighted by Crippen LogP contribution is 2.25. The first-order chi connectivity index (χ1) is 7.27. The van der Waals surface area contributed by atoms with E-state index in [-0.39, 0.29) is 0 Å². The molecule has 3 heteroatoms. The molecule has 2 nitrogen and oxygen atoms in total. The Balaban J connectivity index is 2.51. The molecule has 1 rings (SSSR count). The van der Waals surface area contributed by atoms with Crippen LogP contribution in [-0.2, 0) is 6.54 Å². The average molecular weight is 268 g/mol. The van der Waals surface area contributed by atoms with Crippen molar-refractivity contribution in [2.24, 2.45) is 5.73 Å². The first kappa shape index (κ1) is 12.1. The van der Waals surface area contributed by atoms with E-state index >= 15 is 0 Å². The molecule has 0 aliphatic heterocycles. The van der Waals surface area contributed by atoms with E-state index in [1.807, 2.05) is 18.2 Å². The molecule has 0 atom stereocenters. The van der Waals surface area contributed by atoms with Crippen molar-refractivity contribution in [1.29, 1.82) is 0 Å². The summed E-state index contributed by atoms with van der Waals surface area (Å²) in [5.74, 6) is 3.42. The van der Waals surface area contributed by atoms with Gasteiger partial charge in [0.2, 0.25) is 0 Å². The normalized spacial score (nSPS) is 9.67. The van der Waals surface area contributed by atoms with E-state index in [1.165, 1.54) is 0 Å². The minimum Gasteiger partial charge on any atom is -0.492 e. The zero-order valence-corrected chi connectivity index (χ0v) is 10.1. The summed E-state index contributed by atoms with van der Waals surface area (Å²) in [7, 11) is 0. The van der Waals surface area contributed by atoms with Gasteiger partial charge in [-0.25, -0.2) is 0 Å². The van der Waals surface area contributed by atoms with Gasteiger partial charge in [-0.05, 0) is 40.0 Å². The number of hydrogen-bond donors (Lipinski definition) is 1. The van der Waals surface area contributed by atoms with Crippen LogP contribution in [0.2, 0.25) is 0 Å². The van der Waals surface area contributed by atoms with Gasteiger partial charge in [-0.1, -0.05) is 6.07 Å². The highest BCUT2D eigenvalue weighted by atomic mass is 79.9. The summed E-state index contributed by atoms with van der Waals surface area (Å²) in [6.45, 7) is 1.18. The first-order valence-corrected chi connectivity index (χ1v) is 5.62. The molecule has 0 saturated heterocycles. The van der Waals surface area contributed by atoms with Gasteiger partial charge < -0.3 is 10.5 Å². The molecule has 80 valence electrons. The zero-order chi connectivity index (χ0) is 11.1. The molecule has 0 unspecified atom stereocenters. The van der Waals surface area contributed by atoms with Crippen molar-refractivity contribution in [2.75, 3.05) is 6.61 Å². The predicted molar refractivity (Wildman–Crippen MR) is 65.6 cm³/mol. The van der Waals surface area contributed by atoms with E-state index in [0.29, 0.717) is 13.2 Å². The summed E-state index contributed by atoms with van der Waals surface area (Å²) in [4.78, 5) is 0. The number of hydrogen-bond acceptors (Lipinski definition) is 2. The second-order valence-electron chi connectivity index (χ2n) is 3.13. The summed E-state index contributed by atoms with van der Waals surface area (Å²) in [5.41, 5.74) is 6.61. The van der Waals surface area contributed by atoms with Crippen molar-refractivity contribution >= 4 is 15.9 Å². The second-order valence-corrected chi connectivity index (χ2v) is 3.98. The molecule has 2 N–H and O–H groups in total. The maximum Gasteiger partial charge on any atom is 0.133 e.